The number of amides is 1. The highest BCUT2D eigenvalue weighted by Gasteiger charge is 2.19. The van der Waals surface area contributed by atoms with Gasteiger partial charge >= 0.3 is 0 Å². The summed E-state index contributed by atoms with van der Waals surface area (Å²) in [5.74, 6) is -0.00805. The van der Waals surface area contributed by atoms with Crippen LogP contribution in [0, 0.1) is 5.41 Å². The molecule has 1 N–H and O–H groups in total. The van der Waals surface area contributed by atoms with Gasteiger partial charge in [-0.15, -0.1) is 0 Å². The summed E-state index contributed by atoms with van der Waals surface area (Å²) < 4.78 is 2.07. The van der Waals surface area contributed by atoms with Crippen molar-refractivity contribution in [1.29, 1.82) is 0 Å². The molecular formula is C20H28N2O2. The molecule has 1 aromatic carbocycles. The number of aromatic nitrogens is 1. The standard InChI is InChI=1S/C20H28N2O2/c1-20(2,3)15-22(12-7-13-23)19(24)11-10-16-14-21(4)18-9-6-5-8-17(16)18/h5-6,8-11,14,23H,7,12-13,15H2,1-4H3/b11-10+. The van der Waals surface area contributed by atoms with E-state index in [2.05, 4.69) is 37.5 Å². The number of hydrogen-bond donors (Lipinski definition) is 1. The number of aliphatic hydroxyl groups excluding tert-OH is 1. The number of rotatable bonds is 6. The molecule has 1 amide bonds. The van der Waals surface area contributed by atoms with E-state index in [0.29, 0.717) is 19.5 Å². The number of para-hydroxylation sites is 1. The van der Waals surface area contributed by atoms with Gasteiger partial charge in [0.2, 0.25) is 5.91 Å². The summed E-state index contributed by atoms with van der Waals surface area (Å²) in [6.45, 7) is 7.68. The molecule has 0 aliphatic heterocycles. The molecule has 2 rings (SSSR count). The van der Waals surface area contributed by atoms with Crippen molar-refractivity contribution in [3.05, 3.63) is 42.1 Å². The summed E-state index contributed by atoms with van der Waals surface area (Å²) in [7, 11) is 2.01. The van der Waals surface area contributed by atoms with E-state index in [1.54, 1.807) is 6.08 Å². The topological polar surface area (TPSA) is 45.5 Å². The van der Waals surface area contributed by atoms with Gasteiger partial charge in [-0.2, -0.15) is 0 Å². The van der Waals surface area contributed by atoms with Crippen LogP contribution in [0.2, 0.25) is 0 Å². The molecule has 0 spiro atoms. The molecule has 4 heteroatoms. The normalized spacial score (nSPS) is 12.2. The Bertz CT molecular complexity index is 723. The SMILES string of the molecule is Cn1cc(/C=C/C(=O)N(CCCO)CC(C)(C)C)c2ccccc21. The van der Waals surface area contributed by atoms with Gasteiger partial charge in [-0.1, -0.05) is 39.0 Å². The van der Waals surface area contributed by atoms with E-state index in [-0.39, 0.29) is 17.9 Å². The first-order valence-electron chi connectivity index (χ1n) is 8.44. The lowest BCUT2D eigenvalue weighted by Crippen LogP contribution is -2.37. The third-order valence-electron chi connectivity index (χ3n) is 3.90. The van der Waals surface area contributed by atoms with Gasteiger partial charge in [0.1, 0.15) is 0 Å². The van der Waals surface area contributed by atoms with Crippen LogP contribution in [-0.2, 0) is 11.8 Å². The fourth-order valence-corrected chi connectivity index (χ4v) is 2.87. The van der Waals surface area contributed by atoms with Crippen molar-refractivity contribution in [3.8, 4) is 0 Å². The Hall–Kier alpha value is -2.07. The molecule has 2 aromatic rings. The molecule has 0 radical (unpaired) electrons. The van der Waals surface area contributed by atoms with Gasteiger partial charge in [0.25, 0.3) is 0 Å². The van der Waals surface area contributed by atoms with E-state index in [4.69, 9.17) is 5.11 Å². The van der Waals surface area contributed by atoms with Gasteiger partial charge in [0, 0.05) is 55.5 Å². The minimum Gasteiger partial charge on any atom is -0.396 e. The lowest BCUT2D eigenvalue weighted by atomic mass is 9.96. The molecule has 4 nitrogen and oxygen atoms in total. The summed E-state index contributed by atoms with van der Waals surface area (Å²) in [4.78, 5) is 14.4. The fourth-order valence-electron chi connectivity index (χ4n) is 2.87. The Labute approximate surface area is 144 Å². The summed E-state index contributed by atoms with van der Waals surface area (Å²) in [6, 6.07) is 8.16. The van der Waals surface area contributed by atoms with Crippen LogP contribution in [0.15, 0.2) is 36.5 Å². The molecule has 24 heavy (non-hydrogen) atoms. The molecule has 1 heterocycles. The lowest BCUT2D eigenvalue weighted by Gasteiger charge is -2.29. The molecule has 0 saturated carbocycles. The molecular weight excluding hydrogens is 300 g/mol. The first kappa shape index (κ1) is 18.3. The van der Waals surface area contributed by atoms with Crippen LogP contribution in [0.5, 0.6) is 0 Å². The molecule has 0 aliphatic rings. The largest absolute Gasteiger partial charge is 0.396 e. The highest BCUT2D eigenvalue weighted by atomic mass is 16.3. The van der Waals surface area contributed by atoms with E-state index in [1.807, 2.05) is 36.4 Å². The molecule has 130 valence electrons. The monoisotopic (exact) mass is 328 g/mol. The zero-order valence-electron chi connectivity index (χ0n) is 15.1. The third-order valence-corrected chi connectivity index (χ3v) is 3.90. The van der Waals surface area contributed by atoms with Crippen molar-refractivity contribution in [2.24, 2.45) is 12.5 Å². The van der Waals surface area contributed by atoms with Crippen molar-refractivity contribution in [1.82, 2.24) is 9.47 Å². The van der Waals surface area contributed by atoms with Crippen molar-refractivity contribution < 1.29 is 9.90 Å². The van der Waals surface area contributed by atoms with E-state index >= 15 is 0 Å². The summed E-state index contributed by atoms with van der Waals surface area (Å²) in [6.07, 6.45) is 6.17. The molecule has 0 bridgehead atoms. The molecule has 0 atom stereocenters. The average Bonchev–Trinajstić information content (AvgIpc) is 2.85. The lowest BCUT2D eigenvalue weighted by molar-refractivity contribution is -0.127. The molecule has 0 unspecified atom stereocenters. The first-order valence-corrected chi connectivity index (χ1v) is 8.44. The summed E-state index contributed by atoms with van der Waals surface area (Å²) in [5.41, 5.74) is 2.22. The van der Waals surface area contributed by atoms with Crippen LogP contribution in [0.3, 0.4) is 0 Å². The van der Waals surface area contributed by atoms with Gasteiger partial charge in [0.15, 0.2) is 0 Å². The summed E-state index contributed by atoms with van der Waals surface area (Å²) >= 11 is 0. The number of hydrogen-bond acceptors (Lipinski definition) is 2. The van der Waals surface area contributed by atoms with E-state index in [9.17, 15) is 4.79 Å². The van der Waals surface area contributed by atoms with Gasteiger partial charge < -0.3 is 14.6 Å². The van der Waals surface area contributed by atoms with Crippen molar-refractivity contribution in [2.45, 2.75) is 27.2 Å². The van der Waals surface area contributed by atoms with Crippen molar-refractivity contribution >= 4 is 22.9 Å². The Morgan fingerprint density at radius 3 is 2.67 bits per heavy atom. The molecule has 0 fully saturated rings. The van der Waals surface area contributed by atoms with Crippen LogP contribution in [0.1, 0.15) is 32.8 Å². The first-order chi connectivity index (χ1) is 11.3. The number of fused-ring (bicyclic) bond motifs is 1. The zero-order valence-corrected chi connectivity index (χ0v) is 15.1. The van der Waals surface area contributed by atoms with Crippen LogP contribution in [0.25, 0.3) is 17.0 Å². The predicted molar refractivity (Wildman–Crippen MR) is 99.7 cm³/mol. The Morgan fingerprint density at radius 1 is 1.29 bits per heavy atom. The van der Waals surface area contributed by atoms with Gasteiger partial charge in [0.05, 0.1) is 0 Å². The smallest absolute Gasteiger partial charge is 0.246 e. The number of carbonyl (C=O) groups is 1. The number of nitrogens with zero attached hydrogens (tertiary/aromatic N) is 2. The van der Waals surface area contributed by atoms with Crippen molar-refractivity contribution in [2.75, 3.05) is 19.7 Å². The van der Waals surface area contributed by atoms with Gasteiger partial charge in [-0.05, 0) is 24.0 Å². The highest BCUT2D eigenvalue weighted by Crippen LogP contribution is 2.22. The number of carbonyl (C=O) groups excluding carboxylic acids is 1. The Morgan fingerprint density at radius 2 is 2.00 bits per heavy atom. The second-order valence-corrected chi connectivity index (χ2v) is 7.44. The van der Waals surface area contributed by atoms with Crippen LogP contribution >= 0.6 is 0 Å². The van der Waals surface area contributed by atoms with Gasteiger partial charge in [-0.3, -0.25) is 4.79 Å². The number of aliphatic hydroxyl groups is 1. The predicted octanol–water partition coefficient (Wildman–Crippen LogP) is 3.45. The minimum absolute atomic E-state index is 0.00805. The van der Waals surface area contributed by atoms with E-state index < -0.39 is 0 Å². The zero-order chi connectivity index (χ0) is 17.7. The Balaban J connectivity index is 2.19. The second-order valence-electron chi connectivity index (χ2n) is 7.44. The number of benzene rings is 1. The van der Waals surface area contributed by atoms with Crippen LogP contribution in [-0.4, -0.2) is 40.2 Å². The van der Waals surface area contributed by atoms with Gasteiger partial charge in [-0.25, -0.2) is 0 Å². The maximum absolute atomic E-state index is 12.6. The van der Waals surface area contributed by atoms with E-state index in [0.717, 1.165) is 16.5 Å². The highest BCUT2D eigenvalue weighted by molar-refractivity contribution is 5.96. The van der Waals surface area contributed by atoms with Crippen molar-refractivity contribution in [3.63, 3.8) is 0 Å². The molecule has 0 saturated heterocycles. The average molecular weight is 328 g/mol. The van der Waals surface area contributed by atoms with E-state index in [1.165, 1.54) is 0 Å². The second kappa shape index (κ2) is 7.67. The maximum Gasteiger partial charge on any atom is 0.246 e. The molecule has 1 aromatic heterocycles. The third kappa shape index (κ3) is 4.71. The summed E-state index contributed by atoms with van der Waals surface area (Å²) in [5, 5.41) is 10.2. The maximum atomic E-state index is 12.6. The quantitative estimate of drug-likeness (QED) is 0.826. The van der Waals surface area contributed by atoms with Crippen LogP contribution in [0.4, 0.5) is 0 Å². The minimum atomic E-state index is -0.00805. The fraction of sp³-hybridized carbons (Fsp3) is 0.450. The number of aryl methyl sites for hydroxylation is 1. The molecule has 0 aliphatic carbocycles. The van der Waals surface area contributed by atoms with Crippen LogP contribution < -0.4 is 0 Å². The Kier molecular flexibility index (Phi) is 5.84.